The number of aromatic nitrogens is 4. The van der Waals surface area contributed by atoms with Crippen molar-refractivity contribution >= 4 is 27.9 Å². The van der Waals surface area contributed by atoms with Crippen LogP contribution in [0.25, 0.3) is 10.6 Å². The van der Waals surface area contributed by atoms with E-state index in [4.69, 9.17) is 16.2 Å². The topological polar surface area (TPSA) is 145 Å². The molecule has 3 atom stereocenters. The number of H-pyrrole nitrogens is 1. The van der Waals surface area contributed by atoms with Gasteiger partial charge in [0, 0.05) is 17.8 Å². The van der Waals surface area contributed by atoms with Crippen LogP contribution in [0.3, 0.4) is 0 Å². The Morgan fingerprint density at radius 2 is 2.23 bits per heavy atom. The van der Waals surface area contributed by atoms with Gasteiger partial charge in [-0.15, -0.1) is 0 Å². The Hall–Kier alpha value is -2.89. The molecule has 5 heterocycles. The third kappa shape index (κ3) is 3.29. The first-order valence-electron chi connectivity index (χ1n) is 10.0. The molecule has 2 aliphatic rings. The zero-order chi connectivity index (χ0) is 21.8. The van der Waals surface area contributed by atoms with Crippen molar-refractivity contribution < 1.29 is 13.9 Å². The van der Waals surface area contributed by atoms with E-state index < -0.39 is 17.3 Å². The number of rotatable bonds is 4. The molecule has 3 unspecified atom stereocenters. The minimum atomic E-state index is -0.538. The van der Waals surface area contributed by atoms with E-state index in [1.165, 1.54) is 12.3 Å². The number of nitrogen functional groups attached to an aromatic ring is 1. The molecule has 3 aromatic rings. The molecule has 0 spiro atoms. The molecule has 2 fully saturated rings. The molecular formula is C20H22FN7O2S. The molecule has 1 amide bonds. The molecule has 5 rings (SSSR count). The van der Waals surface area contributed by atoms with Gasteiger partial charge in [0.15, 0.2) is 11.5 Å². The van der Waals surface area contributed by atoms with Crippen LogP contribution in [0.15, 0.2) is 18.5 Å². The maximum absolute atomic E-state index is 14.1. The van der Waals surface area contributed by atoms with Crippen LogP contribution in [0.1, 0.15) is 47.6 Å². The van der Waals surface area contributed by atoms with Gasteiger partial charge in [-0.1, -0.05) is 11.3 Å². The lowest BCUT2D eigenvalue weighted by molar-refractivity contribution is -0.0923. The van der Waals surface area contributed by atoms with Gasteiger partial charge in [-0.3, -0.25) is 14.9 Å². The number of carbonyl (C=O) groups excluding carboxylic acids is 1. The second kappa shape index (κ2) is 7.36. The summed E-state index contributed by atoms with van der Waals surface area (Å²) in [6.07, 6.45) is 5.83. The van der Waals surface area contributed by atoms with Crippen molar-refractivity contribution in [1.82, 2.24) is 20.2 Å². The Balaban J connectivity index is 1.44. The van der Waals surface area contributed by atoms with Gasteiger partial charge in [-0.25, -0.2) is 9.37 Å². The highest BCUT2D eigenvalue weighted by Gasteiger charge is 2.50. The van der Waals surface area contributed by atoms with Crippen LogP contribution < -0.4 is 16.8 Å². The van der Waals surface area contributed by atoms with Crippen LogP contribution in [0.4, 0.5) is 15.1 Å². The molecule has 6 N–H and O–H groups in total. The highest BCUT2D eigenvalue weighted by Crippen LogP contribution is 2.49. The average molecular weight is 444 g/mol. The van der Waals surface area contributed by atoms with E-state index in [1.807, 2.05) is 0 Å². The molecule has 0 aliphatic carbocycles. The van der Waals surface area contributed by atoms with Crippen molar-refractivity contribution in [2.24, 2.45) is 5.73 Å². The van der Waals surface area contributed by atoms with Crippen molar-refractivity contribution in [2.45, 2.75) is 50.4 Å². The molecule has 3 aromatic heterocycles. The van der Waals surface area contributed by atoms with E-state index >= 15 is 0 Å². The summed E-state index contributed by atoms with van der Waals surface area (Å²) in [5.41, 5.74) is 13.9. The normalized spacial score (nSPS) is 25.0. The Morgan fingerprint density at radius 3 is 3.03 bits per heavy atom. The number of nitrogens with zero attached hydrogens (tertiary/aromatic N) is 3. The van der Waals surface area contributed by atoms with Crippen LogP contribution in [0, 0.1) is 12.7 Å². The summed E-state index contributed by atoms with van der Waals surface area (Å²) in [4.78, 5) is 21.1. The highest BCUT2D eigenvalue weighted by atomic mass is 32.1. The molecule has 0 aromatic carbocycles. The number of nitrogens with two attached hydrogens (primary N) is 2. The summed E-state index contributed by atoms with van der Waals surface area (Å²) < 4.78 is 20.4. The summed E-state index contributed by atoms with van der Waals surface area (Å²) in [7, 11) is 0. The molecule has 2 aliphatic heterocycles. The lowest BCUT2D eigenvalue weighted by atomic mass is 9.89. The largest absolute Gasteiger partial charge is 0.389 e. The molecule has 31 heavy (non-hydrogen) atoms. The minimum Gasteiger partial charge on any atom is -0.389 e. The van der Waals surface area contributed by atoms with Gasteiger partial charge < -0.3 is 21.5 Å². The summed E-state index contributed by atoms with van der Waals surface area (Å²) in [5, 5.41) is 10.8. The van der Waals surface area contributed by atoms with Crippen LogP contribution in [-0.4, -0.2) is 38.2 Å². The lowest BCUT2D eigenvalue weighted by Crippen LogP contribution is -2.43. The number of nitrogens with one attached hydrogen (secondary N) is 2. The van der Waals surface area contributed by atoms with Crippen molar-refractivity contribution in [1.29, 1.82) is 0 Å². The maximum atomic E-state index is 14.1. The van der Waals surface area contributed by atoms with E-state index in [0.717, 1.165) is 48.9 Å². The predicted molar refractivity (Wildman–Crippen MR) is 114 cm³/mol. The first-order chi connectivity index (χ1) is 14.9. The number of thiazole rings is 1. The second-order valence-corrected chi connectivity index (χ2v) is 9.02. The smallest absolute Gasteiger partial charge is 0.277 e. The number of hydrogen-bond donors (Lipinski definition) is 4. The highest BCUT2D eigenvalue weighted by molar-refractivity contribution is 7.19. The maximum Gasteiger partial charge on any atom is 0.277 e. The van der Waals surface area contributed by atoms with Crippen molar-refractivity contribution in [2.75, 3.05) is 11.1 Å². The molecule has 11 heteroatoms. The van der Waals surface area contributed by atoms with Crippen molar-refractivity contribution in [3.8, 4) is 10.6 Å². The summed E-state index contributed by atoms with van der Waals surface area (Å²) in [6.45, 7) is 1.80. The Labute approximate surface area is 181 Å². The fraction of sp³-hybridized carbons (Fsp3) is 0.400. The average Bonchev–Trinajstić information content (AvgIpc) is 3.43. The molecular weight excluding hydrogens is 421 g/mol. The van der Waals surface area contributed by atoms with Gasteiger partial charge in [0.1, 0.15) is 15.6 Å². The van der Waals surface area contributed by atoms with E-state index in [2.05, 4.69) is 25.5 Å². The molecule has 2 saturated heterocycles. The van der Waals surface area contributed by atoms with Gasteiger partial charge >= 0.3 is 0 Å². The van der Waals surface area contributed by atoms with Crippen LogP contribution in [0.5, 0.6) is 0 Å². The van der Waals surface area contributed by atoms with Gasteiger partial charge in [0.05, 0.1) is 29.4 Å². The Morgan fingerprint density at radius 1 is 1.42 bits per heavy atom. The van der Waals surface area contributed by atoms with E-state index in [9.17, 15) is 9.18 Å². The number of carbonyl (C=O) groups is 1. The third-order valence-electron chi connectivity index (χ3n) is 6.08. The van der Waals surface area contributed by atoms with E-state index in [-0.39, 0.29) is 28.4 Å². The molecule has 2 bridgehead atoms. The number of hydrogen-bond acceptors (Lipinski definition) is 8. The summed E-state index contributed by atoms with van der Waals surface area (Å²) in [5.74, 6) is -1.02. The van der Waals surface area contributed by atoms with Crippen LogP contribution >= 0.6 is 11.3 Å². The number of ether oxygens (including phenoxy) is 1. The second-order valence-electron chi connectivity index (χ2n) is 7.99. The molecule has 9 nitrogen and oxygen atoms in total. The zero-order valence-corrected chi connectivity index (χ0v) is 17.6. The monoisotopic (exact) mass is 443 g/mol. The standard InChI is InChI=1S/C20H22FN7O2S/c1-9-14(16(28-27-9)20-5-2-12(22)13(30-20)3-6-20)25-18(29)15-17(23)31-19(26-15)10-4-7-24-8-11(10)21/h4,7-8,12-13H,2-3,5-6,22-23H2,1H3,(H,25,29)(H,27,28). The van der Waals surface area contributed by atoms with Crippen molar-refractivity contribution in [3.05, 3.63) is 41.4 Å². The van der Waals surface area contributed by atoms with Gasteiger partial charge in [-0.2, -0.15) is 5.10 Å². The van der Waals surface area contributed by atoms with E-state index in [0.29, 0.717) is 16.4 Å². The quantitative estimate of drug-likeness (QED) is 0.485. The van der Waals surface area contributed by atoms with Gasteiger partial charge in [0.25, 0.3) is 5.91 Å². The number of pyridine rings is 1. The number of anilines is 2. The van der Waals surface area contributed by atoms with Gasteiger partial charge in [-0.05, 0) is 38.7 Å². The SMILES string of the molecule is Cc1n[nH]c(C23CCC(N)C(CC2)O3)c1NC(=O)c1nc(-c2ccncc2F)sc1N. The number of aryl methyl sites for hydroxylation is 1. The van der Waals surface area contributed by atoms with Gasteiger partial charge in [0.2, 0.25) is 0 Å². The first-order valence-corrected chi connectivity index (χ1v) is 10.9. The number of fused-ring (bicyclic) bond motifs is 2. The third-order valence-corrected chi connectivity index (χ3v) is 7.00. The summed E-state index contributed by atoms with van der Waals surface area (Å²) >= 11 is 1.05. The lowest BCUT2D eigenvalue weighted by Gasteiger charge is -2.36. The Bertz CT molecular complexity index is 1160. The minimum absolute atomic E-state index is 0.00732. The molecule has 0 radical (unpaired) electrons. The Kier molecular flexibility index (Phi) is 4.76. The van der Waals surface area contributed by atoms with Crippen molar-refractivity contribution in [3.63, 3.8) is 0 Å². The van der Waals surface area contributed by atoms with Crippen LogP contribution in [-0.2, 0) is 10.3 Å². The number of amides is 1. The first kappa shape index (κ1) is 20.0. The number of aromatic amines is 1. The van der Waals surface area contributed by atoms with E-state index in [1.54, 1.807) is 6.92 Å². The number of halogens is 1. The molecule has 0 saturated carbocycles. The predicted octanol–water partition coefficient (Wildman–Crippen LogP) is 2.71. The fourth-order valence-corrected chi connectivity index (χ4v) is 5.27. The fourth-order valence-electron chi connectivity index (χ4n) is 4.41. The summed E-state index contributed by atoms with van der Waals surface area (Å²) in [6, 6.07) is 1.52. The van der Waals surface area contributed by atoms with Crippen LogP contribution in [0.2, 0.25) is 0 Å². The molecule has 162 valence electrons. The zero-order valence-electron chi connectivity index (χ0n) is 16.8.